The third-order valence-corrected chi connectivity index (χ3v) is 7.32. The molecule has 0 heterocycles. The number of benzene rings is 4. The molecule has 5 nitrogen and oxygen atoms in total. The SMILES string of the molecule is Cc1ccc(S(=O)(=O)Nc2ccccc2C(=O)Nc2ccccc2Sc2ccccc2)cc1. The number of anilines is 2. The third kappa shape index (κ3) is 5.63. The van der Waals surface area contributed by atoms with Crippen molar-refractivity contribution in [3.05, 3.63) is 114 Å². The molecule has 7 heteroatoms. The molecule has 0 bridgehead atoms. The van der Waals surface area contributed by atoms with Gasteiger partial charge in [-0.25, -0.2) is 8.42 Å². The van der Waals surface area contributed by atoms with Gasteiger partial charge >= 0.3 is 0 Å². The van der Waals surface area contributed by atoms with Crippen LogP contribution < -0.4 is 10.0 Å². The fraction of sp³-hybridized carbons (Fsp3) is 0.0385. The van der Waals surface area contributed by atoms with E-state index in [0.29, 0.717) is 5.69 Å². The largest absolute Gasteiger partial charge is 0.321 e. The molecular weight excluding hydrogens is 452 g/mol. The summed E-state index contributed by atoms with van der Waals surface area (Å²) < 4.78 is 28.3. The molecule has 0 aromatic heterocycles. The maximum Gasteiger partial charge on any atom is 0.261 e. The smallest absolute Gasteiger partial charge is 0.261 e. The first-order valence-electron chi connectivity index (χ1n) is 10.2. The molecule has 0 atom stereocenters. The summed E-state index contributed by atoms with van der Waals surface area (Å²) in [7, 11) is -3.84. The van der Waals surface area contributed by atoms with E-state index in [1.165, 1.54) is 23.9 Å². The molecule has 0 spiro atoms. The number of para-hydroxylation sites is 2. The molecule has 166 valence electrons. The minimum absolute atomic E-state index is 0.132. The van der Waals surface area contributed by atoms with Crippen molar-refractivity contribution in [3.8, 4) is 0 Å². The van der Waals surface area contributed by atoms with Gasteiger partial charge in [0.1, 0.15) is 0 Å². The topological polar surface area (TPSA) is 75.3 Å². The van der Waals surface area contributed by atoms with Gasteiger partial charge in [0.05, 0.1) is 21.8 Å². The van der Waals surface area contributed by atoms with E-state index < -0.39 is 15.9 Å². The lowest BCUT2D eigenvalue weighted by atomic mass is 10.1. The number of aryl methyl sites for hydroxylation is 1. The zero-order valence-corrected chi connectivity index (χ0v) is 19.5. The summed E-state index contributed by atoms with van der Waals surface area (Å²) in [5, 5.41) is 2.93. The normalized spacial score (nSPS) is 11.1. The molecule has 0 aliphatic carbocycles. The van der Waals surface area contributed by atoms with Crippen LogP contribution in [-0.2, 0) is 10.0 Å². The Morgan fingerprint density at radius 2 is 1.33 bits per heavy atom. The Morgan fingerprint density at radius 3 is 2.06 bits per heavy atom. The molecular formula is C26H22N2O3S2. The predicted octanol–water partition coefficient (Wildman–Crippen LogP) is 6.20. The van der Waals surface area contributed by atoms with Crippen LogP contribution in [0.25, 0.3) is 0 Å². The van der Waals surface area contributed by atoms with Crippen LogP contribution in [-0.4, -0.2) is 14.3 Å². The number of carbonyl (C=O) groups is 1. The maximum absolute atomic E-state index is 13.2. The Bertz CT molecular complexity index is 1370. The van der Waals surface area contributed by atoms with Crippen molar-refractivity contribution >= 4 is 39.1 Å². The summed E-state index contributed by atoms with van der Waals surface area (Å²) in [6.45, 7) is 1.89. The van der Waals surface area contributed by atoms with Crippen LogP contribution in [0.15, 0.2) is 118 Å². The highest BCUT2D eigenvalue weighted by Gasteiger charge is 2.19. The molecule has 4 aromatic carbocycles. The van der Waals surface area contributed by atoms with Crippen LogP contribution in [0.5, 0.6) is 0 Å². The number of amides is 1. The highest BCUT2D eigenvalue weighted by Crippen LogP contribution is 2.33. The molecule has 1 amide bonds. The first-order chi connectivity index (χ1) is 15.9. The van der Waals surface area contributed by atoms with Gasteiger partial charge in [0.25, 0.3) is 15.9 Å². The molecule has 4 rings (SSSR count). The monoisotopic (exact) mass is 474 g/mol. The van der Waals surface area contributed by atoms with Crippen molar-refractivity contribution in [2.45, 2.75) is 21.6 Å². The van der Waals surface area contributed by atoms with Gasteiger partial charge in [-0.15, -0.1) is 0 Å². The molecule has 0 radical (unpaired) electrons. The third-order valence-electron chi connectivity index (χ3n) is 4.85. The molecule has 4 aromatic rings. The van der Waals surface area contributed by atoms with Crippen LogP contribution in [0.3, 0.4) is 0 Å². The zero-order chi connectivity index (χ0) is 23.3. The fourth-order valence-electron chi connectivity index (χ4n) is 3.16. The zero-order valence-electron chi connectivity index (χ0n) is 17.9. The standard InChI is InChI=1S/C26H22N2O3S2/c1-19-15-17-21(18-16-19)33(30,31)28-23-12-6-5-11-22(23)26(29)27-24-13-7-8-14-25(24)32-20-9-3-2-4-10-20/h2-18,28H,1H3,(H,27,29). The predicted molar refractivity (Wildman–Crippen MR) is 133 cm³/mol. The van der Waals surface area contributed by atoms with Gasteiger partial charge in [-0.2, -0.15) is 0 Å². The average Bonchev–Trinajstić information content (AvgIpc) is 2.81. The van der Waals surface area contributed by atoms with Crippen molar-refractivity contribution in [2.75, 3.05) is 10.0 Å². The van der Waals surface area contributed by atoms with E-state index in [9.17, 15) is 13.2 Å². The van der Waals surface area contributed by atoms with Crippen LogP contribution in [0.2, 0.25) is 0 Å². The van der Waals surface area contributed by atoms with E-state index in [1.54, 1.807) is 36.4 Å². The summed E-state index contributed by atoms with van der Waals surface area (Å²) in [4.78, 5) is 15.2. The number of rotatable bonds is 7. The van der Waals surface area contributed by atoms with Crippen molar-refractivity contribution in [2.24, 2.45) is 0 Å². The van der Waals surface area contributed by atoms with Crippen molar-refractivity contribution in [3.63, 3.8) is 0 Å². The molecule has 33 heavy (non-hydrogen) atoms. The van der Waals surface area contributed by atoms with Gasteiger partial charge in [-0.3, -0.25) is 9.52 Å². The summed E-state index contributed by atoms with van der Waals surface area (Å²) >= 11 is 1.54. The Balaban J connectivity index is 1.58. The number of hydrogen-bond acceptors (Lipinski definition) is 4. The minimum Gasteiger partial charge on any atom is -0.321 e. The highest BCUT2D eigenvalue weighted by molar-refractivity contribution is 7.99. The second kappa shape index (κ2) is 9.94. The highest BCUT2D eigenvalue weighted by atomic mass is 32.2. The Labute approximate surface area is 197 Å². The van der Waals surface area contributed by atoms with Crippen molar-refractivity contribution in [1.29, 1.82) is 0 Å². The Hall–Kier alpha value is -3.55. The second-order valence-electron chi connectivity index (χ2n) is 7.33. The van der Waals surface area contributed by atoms with Gasteiger partial charge in [0.2, 0.25) is 0 Å². The van der Waals surface area contributed by atoms with Crippen LogP contribution >= 0.6 is 11.8 Å². The number of carbonyl (C=O) groups excluding carboxylic acids is 1. The van der Waals surface area contributed by atoms with Crippen LogP contribution in [0, 0.1) is 6.92 Å². The number of sulfonamides is 1. The lowest BCUT2D eigenvalue weighted by Gasteiger charge is -2.14. The van der Waals surface area contributed by atoms with Gasteiger partial charge in [-0.05, 0) is 55.5 Å². The average molecular weight is 475 g/mol. The first kappa shape index (κ1) is 22.6. The fourth-order valence-corrected chi connectivity index (χ4v) is 5.16. The molecule has 0 saturated carbocycles. The van der Waals surface area contributed by atoms with E-state index in [0.717, 1.165) is 15.4 Å². The van der Waals surface area contributed by atoms with E-state index in [4.69, 9.17) is 0 Å². The van der Waals surface area contributed by atoms with Gasteiger partial charge < -0.3 is 5.32 Å². The minimum atomic E-state index is -3.84. The molecule has 2 N–H and O–H groups in total. The number of hydrogen-bond donors (Lipinski definition) is 2. The quantitative estimate of drug-likeness (QED) is 0.334. The van der Waals surface area contributed by atoms with Crippen LogP contribution in [0.4, 0.5) is 11.4 Å². The second-order valence-corrected chi connectivity index (χ2v) is 10.1. The summed E-state index contributed by atoms with van der Waals surface area (Å²) in [6, 6.07) is 30.5. The van der Waals surface area contributed by atoms with E-state index in [1.807, 2.05) is 61.5 Å². The first-order valence-corrected chi connectivity index (χ1v) is 12.5. The van der Waals surface area contributed by atoms with Crippen molar-refractivity contribution in [1.82, 2.24) is 0 Å². The van der Waals surface area contributed by atoms with Gasteiger partial charge in [0, 0.05) is 9.79 Å². The summed E-state index contributed by atoms with van der Waals surface area (Å²) in [5.74, 6) is -0.404. The summed E-state index contributed by atoms with van der Waals surface area (Å²) in [6.07, 6.45) is 0. The number of nitrogens with one attached hydrogen (secondary N) is 2. The van der Waals surface area contributed by atoms with Gasteiger partial charge in [-0.1, -0.05) is 71.9 Å². The lowest BCUT2D eigenvalue weighted by Crippen LogP contribution is -2.18. The molecule has 0 fully saturated rings. The summed E-state index contributed by atoms with van der Waals surface area (Å²) in [5.41, 5.74) is 2.05. The molecule has 0 aliphatic rings. The van der Waals surface area contributed by atoms with Gasteiger partial charge in [0.15, 0.2) is 0 Å². The molecule has 0 aliphatic heterocycles. The molecule has 0 unspecified atom stereocenters. The van der Waals surface area contributed by atoms with Crippen molar-refractivity contribution < 1.29 is 13.2 Å². The lowest BCUT2D eigenvalue weighted by molar-refractivity contribution is 0.102. The Morgan fingerprint density at radius 1 is 0.727 bits per heavy atom. The van der Waals surface area contributed by atoms with E-state index in [2.05, 4.69) is 10.0 Å². The Kier molecular flexibility index (Phi) is 6.82. The molecule has 0 saturated heterocycles. The van der Waals surface area contributed by atoms with E-state index in [-0.39, 0.29) is 16.1 Å². The maximum atomic E-state index is 13.2. The van der Waals surface area contributed by atoms with E-state index >= 15 is 0 Å². The van der Waals surface area contributed by atoms with Crippen LogP contribution in [0.1, 0.15) is 15.9 Å².